The lowest BCUT2D eigenvalue weighted by Crippen LogP contribution is -1.99. The smallest absolute Gasteiger partial charge is 0.0238 e. The molecule has 10 heavy (non-hydrogen) atoms. The van der Waals surface area contributed by atoms with E-state index in [4.69, 9.17) is 5.73 Å². The standard InChI is InChI=1S/C8H15NS/c1-3-5-6-8(7-9)10-4-2/h3,5-6H,4,7,9H2,1-2H3/b5-3-,8-6+. The highest BCUT2D eigenvalue weighted by Crippen LogP contribution is 2.12. The van der Waals surface area contributed by atoms with E-state index in [9.17, 15) is 0 Å². The molecule has 0 aromatic rings. The minimum absolute atomic E-state index is 0.656. The fraction of sp³-hybridized carbons (Fsp3) is 0.500. The van der Waals surface area contributed by atoms with Gasteiger partial charge in [0.15, 0.2) is 0 Å². The van der Waals surface area contributed by atoms with Crippen LogP contribution >= 0.6 is 11.8 Å². The van der Waals surface area contributed by atoms with Crippen LogP contribution in [-0.4, -0.2) is 12.3 Å². The molecule has 0 saturated heterocycles. The molecule has 2 N–H and O–H groups in total. The SMILES string of the molecule is C/C=C\C=C(/CN)SCC. The molecular weight excluding hydrogens is 142 g/mol. The fourth-order valence-corrected chi connectivity index (χ4v) is 1.23. The molecule has 0 aliphatic rings. The summed E-state index contributed by atoms with van der Waals surface area (Å²) >= 11 is 1.80. The van der Waals surface area contributed by atoms with E-state index in [1.807, 2.05) is 19.1 Å². The third kappa shape index (κ3) is 4.65. The van der Waals surface area contributed by atoms with Gasteiger partial charge in [0.05, 0.1) is 0 Å². The summed E-state index contributed by atoms with van der Waals surface area (Å²) in [5.41, 5.74) is 5.48. The van der Waals surface area contributed by atoms with Crippen molar-refractivity contribution in [1.82, 2.24) is 0 Å². The van der Waals surface area contributed by atoms with Crippen molar-refractivity contribution in [3.63, 3.8) is 0 Å². The number of hydrogen-bond donors (Lipinski definition) is 1. The van der Waals surface area contributed by atoms with Gasteiger partial charge in [-0.05, 0) is 17.6 Å². The molecule has 1 nitrogen and oxygen atoms in total. The molecule has 0 amide bonds. The summed E-state index contributed by atoms with van der Waals surface area (Å²) < 4.78 is 0. The maximum atomic E-state index is 5.48. The molecule has 0 heterocycles. The third-order valence-electron chi connectivity index (χ3n) is 1.01. The van der Waals surface area contributed by atoms with Crippen molar-refractivity contribution in [2.24, 2.45) is 5.73 Å². The van der Waals surface area contributed by atoms with Gasteiger partial charge in [-0.15, -0.1) is 11.8 Å². The molecule has 0 aliphatic carbocycles. The first-order valence-corrected chi connectivity index (χ1v) is 4.48. The lowest BCUT2D eigenvalue weighted by atomic mass is 10.4. The van der Waals surface area contributed by atoms with Crippen LogP contribution in [0.2, 0.25) is 0 Å². The summed E-state index contributed by atoms with van der Waals surface area (Å²) in [6.45, 7) is 4.79. The molecular formula is C8H15NS. The van der Waals surface area contributed by atoms with E-state index in [1.165, 1.54) is 4.91 Å². The van der Waals surface area contributed by atoms with Gasteiger partial charge in [0.25, 0.3) is 0 Å². The molecule has 0 aliphatic heterocycles. The Bertz CT molecular complexity index is 127. The Morgan fingerprint density at radius 1 is 1.60 bits per heavy atom. The Morgan fingerprint density at radius 3 is 2.70 bits per heavy atom. The van der Waals surface area contributed by atoms with Crippen LogP contribution in [0.5, 0.6) is 0 Å². The molecule has 0 fully saturated rings. The molecule has 0 aromatic heterocycles. The first-order chi connectivity index (χ1) is 4.85. The molecule has 0 aromatic carbocycles. The molecule has 0 unspecified atom stereocenters. The Kier molecular flexibility index (Phi) is 6.76. The number of allylic oxidation sites excluding steroid dienone is 3. The monoisotopic (exact) mass is 157 g/mol. The highest BCUT2D eigenvalue weighted by atomic mass is 32.2. The van der Waals surface area contributed by atoms with Crippen LogP contribution in [0.15, 0.2) is 23.1 Å². The zero-order chi connectivity index (χ0) is 7.82. The first-order valence-electron chi connectivity index (χ1n) is 3.49. The van der Waals surface area contributed by atoms with E-state index in [0.29, 0.717) is 6.54 Å². The molecule has 0 bridgehead atoms. The normalized spacial score (nSPS) is 12.9. The summed E-state index contributed by atoms with van der Waals surface area (Å²) in [5.74, 6) is 1.10. The van der Waals surface area contributed by atoms with Crippen molar-refractivity contribution in [2.75, 3.05) is 12.3 Å². The summed E-state index contributed by atoms with van der Waals surface area (Å²) in [6.07, 6.45) is 6.09. The van der Waals surface area contributed by atoms with Crippen LogP contribution < -0.4 is 5.73 Å². The predicted molar refractivity (Wildman–Crippen MR) is 50.1 cm³/mol. The zero-order valence-corrected chi connectivity index (χ0v) is 7.45. The van der Waals surface area contributed by atoms with E-state index in [-0.39, 0.29) is 0 Å². The van der Waals surface area contributed by atoms with Gasteiger partial charge in [0.2, 0.25) is 0 Å². The lowest BCUT2D eigenvalue weighted by Gasteiger charge is -1.97. The topological polar surface area (TPSA) is 26.0 Å². The van der Waals surface area contributed by atoms with Crippen molar-refractivity contribution >= 4 is 11.8 Å². The maximum Gasteiger partial charge on any atom is 0.0238 e. The van der Waals surface area contributed by atoms with E-state index in [0.717, 1.165) is 5.75 Å². The zero-order valence-electron chi connectivity index (χ0n) is 6.63. The molecule has 2 heteroatoms. The van der Waals surface area contributed by atoms with Crippen LogP contribution in [0.1, 0.15) is 13.8 Å². The van der Waals surface area contributed by atoms with Crippen molar-refractivity contribution in [3.8, 4) is 0 Å². The average Bonchev–Trinajstić information content (AvgIpc) is 1.98. The summed E-state index contributed by atoms with van der Waals surface area (Å²) in [7, 11) is 0. The van der Waals surface area contributed by atoms with Gasteiger partial charge in [0.1, 0.15) is 0 Å². The quantitative estimate of drug-likeness (QED) is 0.633. The lowest BCUT2D eigenvalue weighted by molar-refractivity contribution is 1.23. The second-order valence-electron chi connectivity index (χ2n) is 1.80. The van der Waals surface area contributed by atoms with Crippen LogP contribution in [0, 0.1) is 0 Å². The number of rotatable bonds is 4. The Morgan fingerprint density at radius 2 is 2.30 bits per heavy atom. The summed E-state index contributed by atoms with van der Waals surface area (Å²) in [5, 5.41) is 0. The van der Waals surface area contributed by atoms with Gasteiger partial charge < -0.3 is 5.73 Å². The van der Waals surface area contributed by atoms with Crippen LogP contribution in [0.25, 0.3) is 0 Å². The van der Waals surface area contributed by atoms with E-state index in [2.05, 4.69) is 13.0 Å². The summed E-state index contributed by atoms with van der Waals surface area (Å²) in [4.78, 5) is 1.25. The van der Waals surface area contributed by atoms with Gasteiger partial charge in [-0.25, -0.2) is 0 Å². The predicted octanol–water partition coefficient (Wildman–Crippen LogP) is 2.16. The molecule has 0 rings (SSSR count). The second-order valence-corrected chi connectivity index (χ2v) is 3.19. The second kappa shape index (κ2) is 6.90. The Hall–Kier alpha value is -0.210. The summed E-state index contributed by atoms with van der Waals surface area (Å²) in [6, 6.07) is 0. The van der Waals surface area contributed by atoms with Crippen molar-refractivity contribution in [2.45, 2.75) is 13.8 Å². The van der Waals surface area contributed by atoms with Crippen molar-refractivity contribution in [3.05, 3.63) is 23.1 Å². The van der Waals surface area contributed by atoms with Crippen LogP contribution in [-0.2, 0) is 0 Å². The minimum Gasteiger partial charge on any atom is -0.326 e. The average molecular weight is 157 g/mol. The maximum absolute atomic E-state index is 5.48. The Balaban J connectivity index is 3.78. The first kappa shape index (κ1) is 9.79. The van der Waals surface area contributed by atoms with Gasteiger partial charge in [-0.3, -0.25) is 0 Å². The number of nitrogens with two attached hydrogens (primary N) is 1. The van der Waals surface area contributed by atoms with E-state index >= 15 is 0 Å². The fourth-order valence-electron chi connectivity index (χ4n) is 0.564. The highest BCUT2D eigenvalue weighted by Gasteiger charge is 1.88. The molecule has 0 spiro atoms. The van der Waals surface area contributed by atoms with Gasteiger partial charge in [-0.1, -0.05) is 25.2 Å². The van der Waals surface area contributed by atoms with E-state index < -0.39 is 0 Å². The largest absolute Gasteiger partial charge is 0.326 e. The van der Waals surface area contributed by atoms with Gasteiger partial charge in [-0.2, -0.15) is 0 Å². The number of thioether (sulfide) groups is 1. The van der Waals surface area contributed by atoms with Gasteiger partial charge in [0, 0.05) is 6.54 Å². The van der Waals surface area contributed by atoms with Crippen molar-refractivity contribution < 1.29 is 0 Å². The highest BCUT2D eigenvalue weighted by molar-refractivity contribution is 8.03. The minimum atomic E-state index is 0.656. The van der Waals surface area contributed by atoms with Crippen LogP contribution in [0.4, 0.5) is 0 Å². The van der Waals surface area contributed by atoms with Gasteiger partial charge >= 0.3 is 0 Å². The van der Waals surface area contributed by atoms with Crippen LogP contribution in [0.3, 0.4) is 0 Å². The number of hydrogen-bond acceptors (Lipinski definition) is 2. The molecule has 0 saturated carbocycles. The molecule has 0 atom stereocenters. The third-order valence-corrected chi connectivity index (χ3v) is 1.97. The molecule has 0 radical (unpaired) electrons. The Labute approximate surface area is 67.4 Å². The van der Waals surface area contributed by atoms with E-state index in [1.54, 1.807) is 11.8 Å². The van der Waals surface area contributed by atoms with Crippen molar-refractivity contribution in [1.29, 1.82) is 0 Å². The molecule has 58 valence electrons.